The molecule has 0 amide bonds. The number of benzene rings is 2. The molecule has 0 saturated heterocycles. The van der Waals surface area contributed by atoms with Gasteiger partial charge in [-0.05, 0) is 45.0 Å². The summed E-state index contributed by atoms with van der Waals surface area (Å²) in [5.41, 5.74) is 2.36. The smallest absolute Gasteiger partial charge is 0.253 e. The van der Waals surface area contributed by atoms with Gasteiger partial charge in [-0.15, -0.1) is 0 Å². The first-order chi connectivity index (χ1) is 13.4. The summed E-state index contributed by atoms with van der Waals surface area (Å²) in [7, 11) is 0. The summed E-state index contributed by atoms with van der Waals surface area (Å²) < 4.78 is 19.0. The van der Waals surface area contributed by atoms with Crippen LogP contribution in [0.1, 0.15) is 20.8 Å². The van der Waals surface area contributed by atoms with Crippen molar-refractivity contribution < 1.29 is 14.2 Å². The fraction of sp³-hybridized carbons (Fsp3) is 0.300. The molecule has 0 spiro atoms. The number of nitrogens with zero attached hydrogens (tertiary/aromatic N) is 3. The average Bonchev–Trinajstić information content (AvgIpc) is 3.17. The van der Waals surface area contributed by atoms with E-state index in [1.165, 1.54) is 0 Å². The van der Waals surface area contributed by atoms with Crippen molar-refractivity contribution in [3.05, 3.63) is 36.4 Å². The van der Waals surface area contributed by atoms with E-state index in [0.29, 0.717) is 24.9 Å². The lowest BCUT2D eigenvalue weighted by molar-refractivity contribution is 0.131. The number of imidazole rings is 1. The molecule has 1 aliphatic rings. The molecule has 4 aromatic rings. The number of hydrogen-bond acceptors (Lipinski definition) is 6. The second kappa shape index (κ2) is 6.05. The molecule has 0 unspecified atom stereocenters. The van der Waals surface area contributed by atoms with Crippen LogP contribution in [0.15, 0.2) is 36.4 Å². The van der Waals surface area contributed by atoms with Crippen LogP contribution in [0.4, 0.5) is 11.6 Å². The molecule has 2 N–H and O–H groups in total. The van der Waals surface area contributed by atoms with Crippen LogP contribution in [0.5, 0.6) is 17.2 Å². The summed E-state index contributed by atoms with van der Waals surface area (Å²) in [6.45, 7) is 7.17. The number of ether oxygens (including phenoxy) is 3. The molecule has 2 aromatic carbocycles. The molecule has 0 atom stereocenters. The van der Waals surface area contributed by atoms with E-state index in [9.17, 15) is 0 Å². The van der Waals surface area contributed by atoms with Gasteiger partial charge in [0.25, 0.3) is 5.78 Å². The average molecular weight is 379 g/mol. The molecule has 3 heterocycles. The summed E-state index contributed by atoms with van der Waals surface area (Å²) >= 11 is 0. The van der Waals surface area contributed by atoms with Gasteiger partial charge in [0.2, 0.25) is 5.95 Å². The molecule has 28 heavy (non-hydrogen) atoms. The summed E-state index contributed by atoms with van der Waals surface area (Å²) in [4.78, 5) is 9.09. The first kappa shape index (κ1) is 16.7. The number of aromatic amines is 1. The Hall–Kier alpha value is -3.42. The summed E-state index contributed by atoms with van der Waals surface area (Å²) in [5.74, 6) is 3.44. The monoisotopic (exact) mass is 379 g/mol. The SMILES string of the molecule is CC(C)(C)Oc1ccc(Nc2nc3nc4cc5c(cc4n3[nH]2)OCCO5)cc1. The van der Waals surface area contributed by atoms with Gasteiger partial charge < -0.3 is 19.5 Å². The second-order valence-electron chi connectivity index (χ2n) is 7.67. The van der Waals surface area contributed by atoms with Gasteiger partial charge in [0.15, 0.2) is 11.5 Å². The van der Waals surface area contributed by atoms with E-state index in [1.807, 2.05) is 61.7 Å². The second-order valence-corrected chi connectivity index (χ2v) is 7.67. The quantitative estimate of drug-likeness (QED) is 0.561. The molecule has 0 radical (unpaired) electrons. The maximum atomic E-state index is 5.85. The number of aromatic nitrogens is 4. The Balaban J connectivity index is 1.42. The standard InChI is InChI=1S/C20H21N5O3/c1-20(2,3)28-13-6-4-12(5-7-13)21-18-23-19-22-14-10-16-17(27-9-8-26-16)11-15(14)25(19)24-18/h4-7,10-11H,8-9H2,1-3H3,(H2,21,22,23,24). The fourth-order valence-corrected chi connectivity index (χ4v) is 3.17. The highest BCUT2D eigenvalue weighted by molar-refractivity contribution is 5.83. The van der Waals surface area contributed by atoms with E-state index in [-0.39, 0.29) is 5.60 Å². The van der Waals surface area contributed by atoms with E-state index in [0.717, 1.165) is 34.0 Å². The molecule has 2 aromatic heterocycles. The molecular formula is C20H21N5O3. The Morgan fingerprint density at radius 3 is 2.46 bits per heavy atom. The van der Waals surface area contributed by atoms with Gasteiger partial charge in [0.1, 0.15) is 24.6 Å². The fourth-order valence-electron chi connectivity index (χ4n) is 3.17. The van der Waals surface area contributed by atoms with Gasteiger partial charge in [-0.3, -0.25) is 5.10 Å². The number of fused-ring (bicyclic) bond motifs is 4. The predicted molar refractivity (Wildman–Crippen MR) is 106 cm³/mol. The lowest BCUT2D eigenvalue weighted by atomic mass is 10.2. The topological polar surface area (TPSA) is 85.7 Å². The third-order valence-electron chi connectivity index (χ3n) is 4.27. The highest BCUT2D eigenvalue weighted by Gasteiger charge is 2.17. The Bertz CT molecular complexity index is 1150. The van der Waals surface area contributed by atoms with Crippen LogP contribution in [-0.2, 0) is 0 Å². The molecule has 0 bridgehead atoms. The van der Waals surface area contributed by atoms with Gasteiger partial charge in [0, 0.05) is 17.8 Å². The van der Waals surface area contributed by atoms with Crippen molar-refractivity contribution >= 4 is 28.4 Å². The van der Waals surface area contributed by atoms with E-state index < -0.39 is 0 Å². The maximum Gasteiger partial charge on any atom is 0.253 e. The number of hydrogen-bond donors (Lipinski definition) is 2. The van der Waals surface area contributed by atoms with Gasteiger partial charge in [0.05, 0.1) is 11.0 Å². The van der Waals surface area contributed by atoms with Crippen molar-refractivity contribution in [2.75, 3.05) is 18.5 Å². The Morgan fingerprint density at radius 2 is 1.75 bits per heavy atom. The Morgan fingerprint density at radius 1 is 1.04 bits per heavy atom. The van der Waals surface area contributed by atoms with Crippen molar-refractivity contribution in [1.29, 1.82) is 0 Å². The summed E-state index contributed by atoms with van der Waals surface area (Å²) in [6.07, 6.45) is 0. The lowest BCUT2D eigenvalue weighted by Crippen LogP contribution is -2.22. The van der Waals surface area contributed by atoms with Crippen molar-refractivity contribution in [3.8, 4) is 17.2 Å². The van der Waals surface area contributed by atoms with Crippen LogP contribution in [-0.4, -0.2) is 38.4 Å². The van der Waals surface area contributed by atoms with Crippen molar-refractivity contribution in [3.63, 3.8) is 0 Å². The zero-order chi connectivity index (χ0) is 19.3. The summed E-state index contributed by atoms with van der Waals surface area (Å²) in [6, 6.07) is 11.6. The zero-order valence-electron chi connectivity index (χ0n) is 15.9. The Kier molecular flexibility index (Phi) is 3.61. The van der Waals surface area contributed by atoms with Gasteiger partial charge in [-0.2, -0.15) is 4.98 Å². The number of nitrogens with one attached hydrogen (secondary N) is 2. The molecular weight excluding hydrogens is 358 g/mol. The van der Waals surface area contributed by atoms with E-state index in [1.54, 1.807) is 0 Å². The first-order valence-electron chi connectivity index (χ1n) is 9.19. The van der Waals surface area contributed by atoms with Crippen molar-refractivity contribution in [1.82, 2.24) is 19.6 Å². The minimum Gasteiger partial charge on any atom is -0.488 e. The first-order valence-corrected chi connectivity index (χ1v) is 9.19. The number of H-pyrrole nitrogens is 1. The molecule has 144 valence electrons. The van der Waals surface area contributed by atoms with E-state index >= 15 is 0 Å². The third kappa shape index (κ3) is 3.06. The maximum absolute atomic E-state index is 5.85. The molecule has 0 aliphatic carbocycles. The minimum atomic E-state index is -0.226. The largest absolute Gasteiger partial charge is 0.488 e. The highest BCUT2D eigenvalue weighted by atomic mass is 16.6. The van der Waals surface area contributed by atoms with Gasteiger partial charge in [-0.1, -0.05) is 0 Å². The minimum absolute atomic E-state index is 0.226. The Labute approximate surface area is 161 Å². The molecule has 8 nitrogen and oxygen atoms in total. The van der Waals surface area contributed by atoms with Gasteiger partial charge >= 0.3 is 0 Å². The summed E-state index contributed by atoms with van der Waals surface area (Å²) in [5, 5.41) is 6.49. The van der Waals surface area contributed by atoms with E-state index in [2.05, 4.69) is 20.4 Å². The van der Waals surface area contributed by atoms with Crippen LogP contribution in [0.25, 0.3) is 16.8 Å². The van der Waals surface area contributed by atoms with Gasteiger partial charge in [-0.25, -0.2) is 9.50 Å². The normalized spacial score (nSPS) is 13.8. The molecule has 1 aliphatic heterocycles. The number of rotatable bonds is 3. The van der Waals surface area contributed by atoms with Crippen LogP contribution in [0, 0.1) is 0 Å². The highest BCUT2D eigenvalue weighted by Crippen LogP contribution is 2.34. The van der Waals surface area contributed by atoms with Crippen LogP contribution in [0.2, 0.25) is 0 Å². The van der Waals surface area contributed by atoms with Crippen LogP contribution < -0.4 is 19.5 Å². The molecule has 5 rings (SSSR count). The number of anilines is 2. The molecule has 0 fully saturated rings. The van der Waals surface area contributed by atoms with Crippen molar-refractivity contribution in [2.24, 2.45) is 0 Å². The molecule has 0 saturated carbocycles. The zero-order valence-corrected chi connectivity index (χ0v) is 15.9. The van der Waals surface area contributed by atoms with E-state index in [4.69, 9.17) is 14.2 Å². The molecule has 8 heteroatoms. The lowest BCUT2D eigenvalue weighted by Gasteiger charge is -2.21. The third-order valence-corrected chi connectivity index (χ3v) is 4.27. The van der Waals surface area contributed by atoms with Crippen molar-refractivity contribution in [2.45, 2.75) is 26.4 Å². The van der Waals surface area contributed by atoms with Crippen LogP contribution >= 0.6 is 0 Å². The van der Waals surface area contributed by atoms with Crippen LogP contribution in [0.3, 0.4) is 0 Å². The predicted octanol–water partition coefficient (Wildman–Crippen LogP) is 3.90.